The van der Waals surface area contributed by atoms with Gasteiger partial charge in [0.15, 0.2) is 0 Å². The summed E-state index contributed by atoms with van der Waals surface area (Å²) in [7, 11) is -3.60. The number of halogens is 1. The first-order valence-electron chi connectivity index (χ1n) is 5.56. The van der Waals surface area contributed by atoms with Crippen LogP contribution in [0.4, 0.5) is 0 Å². The first-order valence-corrected chi connectivity index (χ1v) is 7.42. The molecule has 0 spiro atoms. The highest BCUT2D eigenvalue weighted by molar-refractivity contribution is 7.89. The third kappa shape index (κ3) is 3.98. The Morgan fingerprint density at radius 2 is 2.11 bits per heavy atom. The van der Waals surface area contributed by atoms with Gasteiger partial charge in [-0.15, -0.1) is 0 Å². The van der Waals surface area contributed by atoms with Gasteiger partial charge >= 0.3 is 0 Å². The van der Waals surface area contributed by atoms with Crippen LogP contribution in [0.5, 0.6) is 0 Å². The molecule has 0 radical (unpaired) electrons. The summed E-state index contributed by atoms with van der Waals surface area (Å²) < 4.78 is 26.4. The second kappa shape index (κ2) is 6.19. The summed E-state index contributed by atoms with van der Waals surface area (Å²) in [5.74, 6) is 0.420. The van der Waals surface area contributed by atoms with Gasteiger partial charge in [-0.25, -0.2) is 13.1 Å². The monoisotopic (exact) mass is 286 g/mol. The van der Waals surface area contributed by atoms with E-state index >= 15 is 0 Å². The largest absolute Gasteiger partial charge is 0.242 e. The minimum absolute atomic E-state index is 0.00641. The van der Waals surface area contributed by atoms with E-state index in [2.05, 4.69) is 4.72 Å². The van der Waals surface area contributed by atoms with E-state index in [4.69, 9.17) is 16.9 Å². The zero-order valence-electron chi connectivity index (χ0n) is 10.3. The Morgan fingerprint density at radius 3 is 2.61 bits per heavy atom. The molecule has 0 aliphatic carbocycles. The van der Waals surface area contributed by atoms with Crippen molar-refractivity contribution in [1.29, 1.82) is 5.26 Å². The maximum Gasteiger partial charge on any atom is 0.242 e. The van der Waals surface area contributed by atoms with Crippen LogP contribution in [0.25, 0.3) is 0 Å². The van der Waals surface area contributed by atoms with Crippen molar-refractivity contribution < 1.29 is 8.42 Å². The molecule has 0 heterocycles. The average Bonchev–Trinajstić information content (AvgIpc) is 2.27. The van der Waals surface area contributed by atoms with Crippen molar-refractivity contribution in [2.75, 3.05) is 6.54 Å². The van der Waals surface area contributed by atoms with Crippen LogP contribution in [0, 0.1) is 17.2 Å². The summed E-state index contributed by atoms with van der Waals surface area (Å²) in [6, 6.07) is 6.03. The molecule has 0 atom stereocenters. The number of hydrogen-bond acceptors (Lipinski definition) is 3. The number of nitrogens with one attached hydrogen (secondary N) is 1. The molecule has 98 valence electrons. The number of nitriles is 1. The van der Waals surface area contributed by atoms with Crippen LogP contribution >= 0.6 is 11.6 Å². The van der Waals surface area contributed by atoms with Gasteiger partial charge in [0.1, 0.15) is 4.90 Å². The molecule has 1 aromatic carbocycles. The van der Waals surface area contributed by atoms with Gasteiger partial charge in [0.05, 0.1) is 16.7 Å². The van der Waals surface area contributed by atoms with Crippen molar-refractivity contribution in [3.63, 3.8) is 0 Å². The van der Waals surface area contributed by atoms with Crippen LogP contribution in [-0.4, -0.2) is 15.0 Å². The Morgan fingerprint density at radius 1 is 1.44 bits per heavy atom. The van der Waals surface area contributed by atoms with Crippen LogP contribution < -0.4 is 4.72 Å². The zero-order chi connectivity index (χ0) is 13.8. The Bertz CT molecular complexity index is 562. The van der Waals surface area contributed by atoms with Gasteiger partial charge < -0.3 is 0 Å². The fourth-order valence-corrected chi connectivity index (χ4v) is 2.94. The molecule has 0 amide bonds. The number of rotatable bonds is 5. The minimum atomic E-state index is -3.60. The lowest BCUT2D eigenvalue weighted by molar-refractivity contribution is 0.551. The van der Waals surface area contributed by atoms with Crippen molar-refractivity contribution in [3.05, 3.63) is 28.8 Å². The standard InChI is InChI=1S/C12H15ClN2O2S/c1-9(2)5-6-15-18(16,17)12-4-3-10(8-14)7-11(12)13/h3-4,7,9,15H,5-6H2,1-2H3. The molecular weight excluding hydrogens is 272 g/mol. The SMILES string of the molecule is CC(C)CCNS(=O)(=O)c1ccc(C#N)cc1Cl. The molecule has 1 aromatic rings. The van der Waals surface area contributed by atoms with E-state index in [9.17, 15) is 8.42 Å². The van der Waals surface area contributed by atoms with Crippen molar-refractivity contribution in [1.82, 2.24) is 4.72 Å². The van der Waals surface area contributed by atoms with Crippen molar-refractivity contribution in [2.45, 2.75) is 25.2 Å². The maximum atomic E-state index is 12.0. The topological polar surface area (TPSA) is 70.0 Å². The van der Waals surface area contributed by atoms with Crippen LogP contribution in [0.2, 0.25) is 5.02 Å². The molecule has 1 rings (SSSR count). The maximum absolute atomic E-state index is 12.0. The van der Waals surface area contributed by atoms with E-state index in [-0.39, 0.29) is 9.92 Å². The van der Waals surface area contributed by atoms with E-state index in [1.165, 1.54) is 18.2 Å². The summed E-state index contributed by atoms with van der Waals surface area (Å²) in [5.41, 5.74) is 0.334. The fraction of sp³-hybridized carbons (Fsp3) is 0.417. The number of hydrogen-bond donors (Lipinski definition) is 1. The third-order valence-corrected chi connectivity index (χ3v) is 4.31. The quantitative estimate of drug-likeness (QED) is 0.904. The Hall–Kier alpha value is -1.09. The first-order chi connectivity index (χ1) is 8.36. The smallest absolute Gasteiger partial charge is 0.211 e. The second-order valence-electron chi connectivity index (χ2n) is 4.34. The molecular formula is C12H15ClN2O2S. The van der Waals surface area contributed by atoms with Crippen molar-refractivity contribution in [3.8, 4) is 6.07 Å². The molecule has 0 unspecified atom stereocenters. The zero-order valence-corrected chi connectivity index (χ0v) is 11.8. The summed E-state index contributed by atoms with van der Waals surface area (Å²) in [6.07, 6.45) is 0.757. The number of benzene rings is 1. The molecule has 0 saturated heterocycles. The number of sulfonamides is 1. The third-order valence-electron chi connectivity index (χ3n) is 2.36. The highest BCUT2D eigenvalue weighted by Crippen LogP contribution is 2.22. The highest BCUT2D eigenvalue weighted by Gasteiger charge is 2.17. The van der Waals surface area contributed by atoms with Gasteiger partial charge in [0.2, 0.25) is 10.0 Å². The van der Waals surface area contributed by atoms with Gasteiger partial charge in [-0.05, 0) is 30.5 Å². The van der Waals surface area contributed by atoms with Gasteiger partial charge in [0.25, 0.3) is 0 Å². The summed E-state index contributed by atoms with van der Waals surface area (Å²) in [6.45, 7) is 4.41. The normalized spacial score (nSPS) is 11.5. The van der Waals surface area contributed by atoms with Crippen LogP contribution in [0.3, 0.4) is 0 Å². The molecule has 0 bridgehead atoms. The Balaban J connectivity index is 2.89. The molecule has 0 aliphatic rings. The van der Waals surface area contributed by atoms with E-state index in [1.807, 2.05) is 19.9 Å². The average molecular weight is 287 g/mol. The van der Waals surface area contributed by atoms with E-state index in [0.29, 0.717) is 18.0 Å². The van der Waals surface area contributed by atoms with Crippen LogP contribution in [0.15, 0.2) is 23.1 Å². The molecule has 0 fully saturated rings. The molecule has 0 aliphatic heterocycles. The Labute approximate surface area is 113 Å². The molecule has 4 nitrogen and oxygen atoms in total. The summed E-state index contributed by atoms with van der Waals surface area (Å²) in [5, 5.41) is 8.75. The Kier molecular flexibility index (Phi) is 5.15. The lowest BCUT2D eigenvalue weighted by atomic mass is 10.1. The highest BCUT2D eigenvalue weighted by atomic mass is 35.5. The molecule has 6 heteroatoms. The number of nitrogens with zero attached hydrogens (tertiary/aromatic N) is 1. The first kappa shape index (κ1) is 15.0. The van der Waals surface area contributed by atoms with E-state index < -0.39 is 10.0 Å². The second-order valence-corrected chi connectivity index (χ2v) is 6.48. The van der Waals surface area contributed by atoms with Gasteiger partial charge in [-0.3, -0.25) is 0 Å². The van der Waals surface area contributed by atoms with Crippen molar-refractivity contribution in [2.24, 2.45) is 5.92 Å². The lowest BCUT2D eigenvalue weighted by Crippen LogP contribution is -2.25. The molecule has 1 N–H and O–H groups in total. The molecule has 18 heavy (non-hydrogen) atoms. The molecule has 0 saturated carbocycles. The lowest BCUT2D eigenvalue weighted by Gasteiger charge is -2.09. The predicted molar refractivity (Wildman–Crippen MR) is 70.8 cm³/mol. The van der Waals surface area contributed by atoms with E-state index in [0.717, 1.165) is 6.42 Å². The minimum Gasteiger partial charge on any atom is -0.211 e. The van der Waals surface area contributed by atoms with E-state index in [1.54, 1.807) is 0 Å². The van der Waals surface area contributed by atoms with Gasteiger partial charge in [-0.2, -0.15) is 5.26 Å². The summed E-state index contributed by atoms with van der Waals surface area (Å²) in [4.78, 5) is 0.00641. The van der Waals surface area contributed by atoms with Crippen molar-refractivity contribution >= 4 is 21.6 Å². The van der Waals surface area contributed by atoms with Gasteiger partial charge in [-0.1, -0.05) is 25.4 Å². The predicted octanol–water partition coefficient (Wildman–Crippen LogP) is 2.54. The molecule has 0 aromatic heterocycles. The van der Waals surface area contributed by atoms with Crippen LogP contribution in [0.1, 0.15) is 25.8 Å². The van der Waals surface area contributed by atoms with Crippen LogP contribution in [-0.2, 0) is 10.0 Å². The van der Waals surface area contributed by atoms with Gasteiger partial charge in [0, 0.05) is 6.54 Å². The summed E-state index contributed by atoms with van der Waals surface area (Å²) >= 11 is 5.86. The fourth-order valence-electron chi connectivity index (χ4n) is 1.35.